The normalized spacial score (nSPS) is 33.5. The molecule has 0 aromatic heterocycles. The number of imide groups is 1. The molecule has 3 fully saturated rings. The Kier molecular flexibility index (Phi) is 5.02. The third kappa shape index (κ3) is 3.21. The van der Waals surface area contributed by atoms with E-state index in [-0.39, 0.29) is 41.8 Å². The fourth-order valence-electron chi connectivity index (χ4n) is 4.52. The summed E-state index contributed by atoms with van der Waals surface area (Å²) in [4.78, 5) is 40.6. The zero-order valence-electron chi connectivity index (χ0n) is 15.4. The average molecular weight is 385 g/mol. The highest BCUT2D eigenvalue weighted by molar-refractivity contribution is 7.91. The van der Waals surface area contributed by atoms with Crippen LogP contribution in [-0.2, 0) is 19.4 Å². The van der Waals surface area contributed by atoms with Gasteiger partial charge in [-0.1, -0.05) is 19.8 Å². The lowest BCUT2D eigenvalue weighted by atomic mass is 9.73. The van der Waals surface area contributed by atoms with Gasteiger partial charge in [0.25, 0.3) is 5.91 Å². The number of hydrogen-bond donors (Lipinski definition) is 1. The van der Waals surface area contributed by atoms with Crippen molar-refractivity contribution < 1.29 is 22.8 Å². The molecule has 0 aromatic carbocycles. The summed E-state index contributed by atoms with van der Waals surface area (Å²) in [6, 6.07) is -0.895. The lowest BCUT2D eigenvalue weighted by Crippen LogP contribution is -2.54. The summed E-state index contributed by atoms with van der Waals surface area (Å²) in [6.45, 7) is 3.76. The molecule has 1 spiro atoms. The summed E-state index contributed by atoms with van der Waals surface area (Å²) in [5.74, 6) is -0.634. The van der Waals surface area contributed by atoms with Crippen molar-refractivity contribution in [3.8, 4) is 0 Å². The number of carbonyl (C=O) groups excluding carboxylic acids is 3. The zero-order chi connectivity index (χ0) is 19.1. The molecule has 0 radical (unpaired) electrons. The molecule has 146 valence electrons. The van der Waals surface area contributed by atoms with Crippen molar-refractivity contribution in [1.82, 2.24) is 15.1 Å². The van der Waals surface area contributed by atoms with Crippen LogP contribution in [0.1, 0.15) is 46.0 Å². The van der Waals surface area contributed by atoms with E-state index in [1.165, 1.54) is 4.90 Å². The molecule has 0 aromatic rings. The van der Waals surface area contributed by atoms with Crippen LogP contribution in [0.25, 0.3) is 0 Å². The minimum atomic E-state index is -3.12. The maximum Gasteiger partial charge on any atom is 0.325 e. The molecule has 0 unspecified atom stereocenters. The van der Waals surface area contributed by atoms with E-state index in [2.05, 4.69) is 5.32 Å². The van der Waals surface area contributed by atoms with Crippen molar-refractivity contribution in [1.29, 1.82) is 0 Å². The third-order valence-corrected chi connectivity index (χ3v) is 7.86. The van der Waals surface area contributed by atoms with E-state index in [1.54, 1.807) is 6.92 Å². The molecule has 8 nitrogen and oxygen atoms in total. The molecule has 9 heteroatoms. The Labute approximate surface area is 154 Å². The number of urea groups is 1. The zero-order valence-corrected chi connectivity index (χ0v) is 16.2. The average Bonchev–Trinajstić information content (AvgIpc) is 3.04. The Morgan fingerprint density at radius 2 is 2.04 bits per heavy atom. The van der Waals surface area contributed by atoms with Gasteiger partial charge >= 0.3 is 6.03 Å². The number of hydrogen-bond acceptors (Lipinski definition) is 5. The molecule has 1 N–H and O–H groups in total. The monoisotopic (exact) mass is 385 g/mol. The van der Waals surface area contributed by atoms with E-state index in [0.717, 1.165) is 24.2 Å². The topological polar surface area (TPSA) is 104 Å². The molecule has 1 aliphatic carbocycles. The molecule has 3 rings (SSSR count). The molecule has 1 saturated carbocycles. The number of nitrogens with zero attached hydrogens (tertiary/aromatic N) is 2. The van der Waals surface area contributed by atoms with Gasteiger partial charge in [0, 0.05) is 12.6 Å². The molecule has 2 aliphatic heterocycles. The Bertz CT molecular complexity index is 722. The fraction of sp³-hybridized carbons (Fsp3) is 0.824. The van der Waals surface area contributed by atoms with Gasteiger partial charge in [0.05, 0.1) is 11.5 Å². The van der Waals surface area contributed by atoms with Crippen molar-refractivity contribution in [2.75, 3.05) is 24.6 Å². The van der Waals surface area contributed by atoms with Crippen molar-refractivity contribution >= 4 is 27.7 Å². The predicted octanol–water partition coefficient (Wildman–Crippen LogP) is 0.523. The number of carbonyl (C=O) groups is 3. The highest BCUT2D eigenvalue weighted by Gasteiger charge is 2.55. The molecule has 0 bridgehead atoms. The summed E-state index contributed by atoms with van der Waals surface area (Å²) in [7, 11) is -3.12. The van der Waals surface area contributed by atoms with Crippen molar-refractivity contribution in [2.24, 2.45) is 5.92 Å². The summed E-state index contributed by atoms with van der Waals surface area (Å²) in [6.07, 6.45) is 3.78. The Hall–Kier alpha value is -1.64. The number of likely N-dealkylation sites (N-methyl/N-ethyl adjacent to an activating group) is 1. The van der Waals surface area contributed by atoms with E-state index >= 15 is 0 Å². The van der Waals surface area contributed by atoms with E-state index in [0.29, 0.717) is 19.4 Å². The second-order valence-corrected chi connectivity index (χ2v) is 9.90. The molecule has 2 heterocycles. The minimum Gasteiger partial charge on any atom is -0.337 e. The van der Waals surface area contributed by atoms with Crippen LogP contribution in [0.4, 0.5) is 4.79 Å². The predicted molar refractivity (Wildman–Crippen MR) is 95.1 cm³/mol. The smallest absolute Gasteiger partial charge is 0.325 e. The molecule has 26 heavy (non-hydrogen) atoms. The minimum absolute atomic E-state index is 0.0371. The largest absolute Gasteiger partial charge is 0.337 e. The van der Waals surface area contributed by atoms with Gasteiger partial charge in [-0.25, -0.2) is 13.2 Å². The second kappa shape index (κ2) is 6.83. The van der Waals surface area contributed by atoms with Crippen LogP contribution in [0.15, 0.2) is 0 Å². The first-order chi connectivity index (χ1) is 12.2. The van der Waals surface area contributed by atoms with Crippen LogP contribution >= 0.6 is 0 Å². The van der Waals surface area contributed by atoms with Crippen LogP contribution < -0.4 is 5.32 Å². The molecule has 3 aliphatic rings. The van der Waals surface area contributed by atoms with Crippen LogP contribution in [0.3, 0.4) is 0 Å². The van der Waals surface area contributed by atoms with E-state index in [1.807, 2.05) is 6.92 Å². The van der Waals surface area contributed by atoms with E-state index in [4.69, 9.17) is 0 Å². The maximum absolute atomic E-state index is 12.9. The first-order valence-corrected chi connectivity index (χ1v) is 11.2. The fourth-order valence-corrected chi connectivity index (χ4v) is 6.26. The summed E-state index contributed by atoms with van der Waals surface area (Å²) >= 11 is 0. The first-order valence-electron chi connectivity index (χ1n) is 9.34. The first kappa shape index (κ1) is 19.1. The lowest BCUT2D eigenvalue weighted by Gasteiger charge is -2.37. The quantitative estimate of drug-likeness (QED) is 0.711. The molecular formula is C17H27N3O5S. The van der Waals surface area contributed by atoms with Crippen molar-refractivity contribution in [2.45, 2.75) is 57.5 Å². The summed E-state index contributed by atoms with van der Waals surface area (Å²) in [5, 5.41) is 2.83. The molecular weight excluding hydrogens is 358 g/mol. The molecule has 3 atom stereocenters. The van der Waals surface area contributed by atoms with Gasteiger partial charge in [0.1, 0.15) is 12.1 Å². The number of rotatable bonds is 4. The number of sulfone groups is 1. The van der Waals surface area contributed by atoms with Crippen LogP contribution in [0.5, 0.6) is 0 Å². The summed E-state index contributed by atoms with van der Waals surface area (Å²) < 4.78 is 23.4. The maximum atomic E-state index is 12.9. The molecule has 2 saturated heterocycles. The molecule has 4 amide bonds. The lowest BCUT2D eigenvalue weighted by molar-refractivity contribution is -0.141. The van der Waals surface area contributed by atoms with Gasteiger partial charge in [0.2, 0.25) is 5.91 Å². The SMILES string of the molecule is CCN(C(=O)CN1C(=O)N[C@]2(CCCC[C@H]2C)C1=O)[C@@H]1CCS(=O)(=O)C1. The van der Waals surface area contributed by atoms with Gasteiger partial charge in [-0.3, -0.25) is 14.5 Å². The van der Waals surface area contributed by atoms with Crippen molar-refractivity contribution in [3.05, 3.63) is 0 Å². The Morgan fingerprint density at radius 1 is 1.31 bits per heavy atom. The Morgan fingerprint density at radius 3 is 2.62 bits per heavy atom. The van der Waals surface area contributed by atoms with Crippen LogP contribution in [0.2, 0.25) is 0 Å². The Balaban J connectivity index is 1.72. The second-order valence-electron chi connectivity index (χ2n) is 7.68. The number of nitrogens with one attached hydrogen (secondary N) is 1. The highest BCUT2D eigenvalue weighted by Crippen LogP contribution is 2.38. The van der Waals surface area contributed by atoms with Gasteiger partial charge in [-0.15, -0.1) is 0 Å². The van der Waals surface area contributed by atoms with Crippen molar-refractivity contribution in [3.63, 3.8) is 0 Å². The number of amides is 4. The highest BCUT2D eigenvalue weighted by atomic mass is 32.2. The standard InChI is InChI=1S/C17H27N3O5S/c1-3-19(13-7-9-26(24,25)11-13)14(21)10-20-15(22)17(18-16(20)23)8-5-4-6-12(17)2/h12-13H,3-11H2,1-2H3,(H,18,23)/t12-,13-,17+/m1/s1. The van der Waals surface area contributed by atoms with Gasteiger partial charge in [-0.2, -0.15) is 0 Å². The summed E-state index contributed by atoms with van der Waals surface area (Å²) in [5.41, 5.74) is -0.886. The third-order valence-electron chi connectivity index (χ3n) is 6.11. The van der Waals surface area contributed by atoms with Crippen LogP contribution in [-0.4, -0.2) is 72.2 Å². The van der Waals surface area contributed by atoms with E-state index in [9.17, 15) is 22.8 Å². The van der Waals surface area contributed by atoms with Crippen LogP contribution in [0, 0.1) is 5.92 Å². The van der Waals surface area contributed by atoms with Gasteiger partial charge in [-0.05, 0) is 32.1 Å². The van der Waals surface area contributed by atoms with E-state index < -0.39 is 21.4 Å². The van der Waals surface area contributed by atoms with Gasteiger partial charge in [0.15, 0.2) is 9.84 Å². The van der Waals surface area contributed by atoms with Gasteiger partial charge < -0.3 is 10.2 Å².